The lowest BCUT2D eigenvalue weighted by atomic mass is 9.77. The maximum absolute atomic E-state index is 14.6. The van der Waals surface area contributed by atoms with Gasteiger partial charge in [0.05, 0.1) is 16.9 Å². The lowest BCUT2D eigenvalue weighted by molar-refractivity contribution is -0.146. The Kier molecular flexibility index (Phi) is 8.56. The van der Waals surface area contributed by atoms with Gasteiger partial charge in [0, 0.05) is 12.5 Å². The van der Waals surface area contributed by atoms with Crippen molar-refractivity contribution in [1.82, 2.24) is 4.90 Å². The molecule has 2 atom stereocenters. The average molecular weight is 678 g/mol. The second kappa shape index (κ2) is 12.2. The fourth-order valence-corrected chi connectivity index (χ4v) is 9.98. The van der Waals surface area contributed by atoms with Crippen LogP contribution in [-0.2, 0) is 43.4 Å². The molecule has 0 bridgehead atoms. The van der Waals surface area contributed by atoms with Crippen molar-refractivity contribution >= 4 is 21.7 Å². The van der Waals surface area contributed by atoms with Gasteiger partial charge in [-0.1, -0.05) is 24.3 Å². The topological polar surface area (TPSA) is 101 Å². The molecule has 1 saturated heterocycles. The van der Waals surface area contributed by atoms with Crippen LogP contribution in [-0.4, -0.2) is 42.9 Å². The summed E-state index contributed by atoms with van der Waals surface area (Å²) in [4.78, 5) is 26.9. The molecule has 3 aromatic carbocycles. The molecule has 1 amide bonds. The van der Waals surface area contributed by atoms with Crippen LogP contribution in [0.2, 0.25) is 0 Å². The number of aliphatic carboxylic acids is 1. The molecule has 1 saturated carbocycles. The number of carbonyl (C=O) groups excluding carboxylic acids is 1. The fraction of sp³-hybridized carbons (Fsp3) is 0.412. The Hall–Kier alpha value is -4.00. The van der Waals surface area contributed by atoms with Gasteiger partial charge >= 0.3 is 12.1 Å². The van der Waals surface area contributed by atoms with Gasteiger partial charge in [0.25, 0.3) is 0 Å². The highest BCUT2D eigenvalue weighted by Gasteiger charge is 2.61. The minimum absolute atomic E-state index is 0.0562. The second-order valence-electron chi connectivity index (χ2n) is 12.5. The van der Waals surface area contributed by atoms with Crippen LogP contribution in [0, 0.1) is 23.5 Å². The summed E-state index contributed by atoms with van der Waals surface area (Å²) < 4.78 is 102. The zero-order valence-corrected chi connectivity index (χ0v) is 25.9. The largest absolute Gasteiger partial charge is 0.485 e. The monoisotopic (exact) mass is 677 g/mol. The number of halogens is 5. The van der Waals surface area contributed by atoms with Crippen LogP contribution in [0.3, 0.4) is 0 Å². The van der Waals surface area contributed by atoms with Crippen molar-refractivity contribution in [2.75, 3.05) is 6.54 Å². The molecule has 0 radical (unpaired) electrons. The summed E-state index contributed by atoms with van der Waals surface area (Å²) in [6, 6.07) is 11.0. The van der Waals surface area contributed by atoms with Crippen molar-refractivity contribution in [3.63, 3.8) is 0 Å². The fourth-order valence-electron chi connectivity index (χ4n) is 7.61. The van der Waals surface area contributed by atoms with Crippen LogP contribution in [0.4, 0.5) is 22.0 Å². The lowest BCUT2D eigenvalue weighted by Gasteiger charge is -2.43. The van der Waals surface area contributed by atoms with E-state index >= 15 is 0 Å². The van der Waals surface area contributed by atoms with E-state index in [1.807, 2.05) is 0 Å². The molecule has 13 heteroatoms. The maximum Gasteiger partial charge on any atom is 0.420 e. The molecule has 47 heavy (non-hydrogen) atoms. The number of benzene rings is 3. The Bertz CT molecular complexity index is 1800. The number of hydrogen-bond acceptors (Lipinski definition) is 5. The Morgan fingerprint density at radius 1 is 0.936 bits per heavy atom. The molecule has 1 heterocycles. The number of likely N-dealkylation sites (tertiary alicyclic amines) is 1. The van der Waals surface area contributed by atoms with Gasteiger partial charge in [-0.05, 0) is 98.0 Å². The number of ether oxygens (including phenoxy) is 1. The first-order valence-corrected chi connectivity index (χ1v) is 16.9. The molecule has 1 N–H and O–H groups in total. The quantitative estimate of drug-likeness (QED) is 0.222. The maximum atomic E-state index is 14.6. The summed E-state index contributed by atoms with van der Waals surface area (Å²) >= 11 is 0. The van der Waals surface area contributed by atoms with Crippen molar-refractivity contribution in [1.29, 1.82) is 0 Å². The number of carbonyl (C=O) groups is 2. The summed E-state index contributed by atoms with van der Waals surface area (Å²) in [7, 11) is -4.25. The van der Waals surface area contributed by atoms with Gasteiger partial charge in [0.1, 0.15) is 22.7 Å². The van der Waals surface area contributed by atoms with Crippen LogP contribution < -0.4 is 4.74 Å². The van der Waals surface area contributed by atoms with Crippen LogP contribution in [0.25, 0.3) is 0 Å². The van der Waals surface area contributed by atoms with Crippen LogP contribution in [0.15, 0.2) is 65.6 Å². The van der Waals surface area contributed by atoms with Gasteiger partial charge < -0.3 is 14.7 Å². The number of para-hydroxylation sites is 1. The van der Waals surface area contributed by atoms with Gasteiger partial charge in [-0.25, -0.2) is 17.2 Å². The molecule has 0 spiro atoms. The van der Waals surface area contributed by atoms with E-state index in [4.69, 9.17) is 4.74 Å². The van der Waals surface area contributed by atoms with Gasteiger partial charge in [-0.15, -0.1) is 0 Å². The Labute approximate surface area is 268 Å². The number of sulfone groups is 1. The molecule has 2 fully saturated rings. The van der Waals surface area contributed by atoms with E-state index in [0.29, 0.717) is 48.8 Å². The van der Waals surface area contributed by atoms with Gasteiger partial charge in [-0.3, -0.25) is 9.59 Å². The molecule has 250 valence electrons. The van der Waals surface area contributed by atoms with E-state index in [-0.39, 0.29) is 30.2 Å². The average Bonchev–Trinajstić information content (AvgIpc) is 3.45. The highest BCUT2D eigenvalue weighted by Crippen LogP contribution is 2.53. The zero-order valence-electron chi connectivity index (χ0n) is 25.1. The third kappa shape index (κ3) is 5.76. The van der Waals surface area contributed by atoms with E-state index in [1.165, 1.54) is 18.2 Å². The van der Waals surface area contributed by atoms with E-state index in [0.717, 1.165) is 30.3 Å². The third-order valence-corrected chi connectivity index (χ3v) is 12.5. The number of rotatable bonds is 7. The summed E-state index contributed by atoms with van der Waals surface area (Å²) in [5.74, 6) is -4.79. The van der Waals surface area contributed by atoms with Gasteiger partial charge in [-0.2, -0.15) is 13.2 Å². The van der Waals surface area contributed by atoms with E-state index in [1.54, 1.807) is 17.0 Å². The van der Waals surface area contributed by atoms with Crippen molar-refractivity contribution in [2.24, 2.45) is 11.8 Å². The normalized spacial score (nSPS) is 24.4. The Morgan fingerprint density at radius 2 is 1.62 bits per heavy atom. The molecule has 0 aromatic heterocycles. The number of nitrogens with zero attached hydrogens (tertiary/aromatic N) is 1. The first-order valence-electron chi connectivity index (χ1n) is 15.4. The minimum Gasteiger partial charge on any atom is -0.485 e. The highest BCUT2D eigenvalue weighted by atomic mass is 32.2. The predicted octanol–water partition coefficient (Wildman–Crippen LogP) is 6.67. The number of alkyl halides is 3. The van der Waals surface area contributed by atoms with E-state index in [2.05, 4.69) is 0 Å². The number of amides is 1. The Morgan fingerprint density at radius 3 is 2.28 bits per heavy atom. The molecular weight excluding hydrogens is 645 g/mol. The number of fused-ring (bicyclic) bond motifs is 3. The molecule has 6 rings (SSSR count). The molecule has 1 aliphatic heterocycles. The lowest BCUT2D eigenvalue weighted by Crippen LogP contribution is -2.53. The number of carboxylic acid groups (broad SMARTS) is 1. The van der Waals surface area contributed by atoms with Gasteiger partial charge in [0.2, 0.25) is 5.91 Å². The second-order valence-corrected chi connectivity index (χ2v) is 14.7. The summed E-state index contributed by atoms with van der Waals surface area (Å²) in [5, 5.41) is 9.38. The SMILES string of the molecule is O=C(O)[C@H]1CC[C@H](C(=O)N2CC[C@@]3(S(=O)(=O)c4ccc(F)cc4)c4ccc(COc5c(F)cccc5C(F)(F)F)cc4CC[C@@H]23)CC1. The highest BCUT2D eigenvalue weighted by molar-refractivity contribution is 7.92. The minimum atomic E-state index is -4.84. The molecule has 7 nitrogen and oxygen atoms in total. The van der Waals surface area contributed by atoms with Crippen LogP contribution in [0.1, 0.15) is 60.8 Å². The molecular formula is C34H32F5NO6S. The van der Waals surface area contributed by atoms with Crippen molar-refractivity contribution < 1.29 is 49.8 Å². The van der Waals surface area contributed by atoms with Gasteiger partial charge in [0.15, 0.2) is 21.4 Å². The first kappa shape index (κ1) is 32.9. The zero-order chi connectivity index (χ0) is 33.7. The number of aryl methyl sites for hydroxylation is 1. The number of hydrogen-bond donors (Lipinski definition) is 1. The first-order chi connectivity index (χ1) is 22.2. The van der Waals surface area contributed by atoms with Crippen molar-refractivity contribution in [3.05, 3.63) is 94.6 Å². The predicted molar refractivity (Wildman–Crippen MR) is 159 cm³/mol. The summed E-state index contributed by atoms with van der Waals surface area (Å²) in [5.41, 5.74) is 0.186. The van der Waals surface area contributed by atoms with E-state index in [9.17, 15) is 45.1 Å². The molecule has 3 aromatic rings. The van der Waals surface area contributed by atoms with Crippen LogP contribution in [0.5, 0.6) is 5.75 Å². The van der Waals surface area contributed by atoms with Crippen LogP contribution >= 0.6 is 0 Å². The van der Waals surface area contributed by atoms with Crippen molar-refractivity contribution in [2.45, 2.75) is 73.4 Å². The number of carboxylic acids is 1. The third-order valence-electron chi connectivity index (χ3n) is 9.92. The Balaban J connectivity index is 1.35. The molecule has 2 aliphatic carbocycles. The van der Waals surface area contributed by atoms with Crippen molar-refractivity contribution in [3.8, 4) is 5.75 Å². The molecule has 3 aliphatic rings. The smallest absolute Gasteiger partial charge is 0.420 e. The summed E-state index contributed by atoms with van der Waals surface area (Å²) in [6.07, 6.45) is -2.70. The molecule has 0 unspecified atom stereocenters. The van der Waals surface area contributed by atoms with E-state index < -0.39 is 74.2 Å². The summed E-state index contributed by atoms with van der Waals surface area (Å²) in [6.45, 7) is -0.275. The standard InChI is InChI=1S/C34H32F5NO6S/c35-24-10-12-25(13-11-24)47(44,45)33-16-17-40(31(41)21-5-7-22(8-6-21)32(42)43)29(33)15-9-23-18-20(4-14-26(23)33)19-46-30-27(34(37,38)39)2-1-3-28(30)36/h1-4,10-14,18,21-22,29H,5-9,15-17,19H2,(H,42,43)/t21-,22-,29-,33-/m1/s1.